The molecule has 23 heavy (non-hydrogen) atoms. The van der Waals surface area contributed by atoms with Crippen molar-refractivity contribution in [2.24, 2.45) is 0 Å². The average Bonchev–Trinajstić information content (AvgIpc) is 2.91. The Morgan fingerprint density at radius 2 is 2.04 bits per heavy atom. The predicted octanol–water partition coefficient (Wildman–Crippen LogP) is 3.03. The van der Waals surface area contributed by atoms with Crippen LogP contribution in [-0.2, 0) is 9.53 Å². The van der Waals surface area contributed by atoms with Gasteiger partial charge in [0.2, 0.25) is 5.91 Å². The van der Waals surface area contributed by atoms with E-state index in [-0.39, 0.29) is 18.1 Å². The van der Waals surface area contributed by atoms with Gasteiger partial charge in [-0.2, -0.15) is 0 Å². The lowest BCUT2D eigenvalue weighted by atomic mass is 9.87. The second-order valence-corrected chi connectivity index (χ2v) is 6.56. The molecule has 1 N–H and O–H groups in total. The van der Waals surface area contributed by atoms with Crippen LogP contribution in [0.5, 0.6) is 0 Å². The van der Waals surface area contributed by atoms with Crippen molar-refractivity contribution in [3.8, 4) is 0 Å². The minimum absolute atomic E-state index is 0.0181. The zero-order valence-corrected chi connectivity index (χ0v) is 14.0. The van der Waals surface area contributed by atoms with Crippen molar-refractivity contribution in [2.75, 3.05) is 18.0 Å². The number of hydrogen-bond donors (Lipinski definition) is 1. The second-order valence-electron chi connectivity index (χ2n) is 6.56. The fourth-order valence-corrected chi connectivity index (χ4v) is 3.48. The first kappa shape index (κ1) is 15.8. The van der Waals surface area contributed by atoms with Gasteiger partial charge < -0.3 is 10.1 Å². The van der Waals surface area contributed by atoms with E-state index >= 15 is 0 Å². The molecule has 2 amide bonds. The van der Waals surface area contributed by atoms with Crippen LogP contribution in [0.3, 0.4) is 0 Å². The van der Waals surface area contributed by atoms with Crippen molar-refractivity contribution >= 4 is 17.7 Å². The molecule has 1 aromatic rings. The number of amides is 2. The Kier molecular flexibility index (Phi) is 4.28. The Balaban J connectivity index is 1.86. The summed E-state index contributed by atoms with van der Waals surface area (Å²) >= 11 is 0. The molecule has 0 spiro atoms. The number of cyclic esters (lactones) is 1. The van der Waals surface area contributed by atoms with E-state index in [1.54, 1.807) is 4.90 Å². The summed E-state index contributed by atoms with van der Waals surface area (Å²) in [6.45, 7) is 7.45. The number of hydrogen-bond acceptors (Lipinski definition) is 3. The van der Waals surface area contributed by atoms with Crippen LogP contribution in [-0.4, -0.2) is 31.2 Å². The Morgan fingerprint density at radius 3 is 2.65 bits per heavy atom. The highest BCUT2D eigenvalue weighted by Crippen LogP contribution is 2.33. The van der Waals surface area contributed by atoms with Gasteiger partial charge in [0.1, 0.15) is 6.10 Å². The van der Waals surface area contributed by atoms with Gasteiger partial charge in [-0.25, -0.2) is 4.79 Å². The van der Waals surface area contributed by atoms with Crippen molar-refractivity contribution in [3.63, 3.8) is 0 Å². The lowest BCUT2D eigenvalue weighted by Crippen LogP contribution is -2.34. The van der Waals surface area contributed by atoms with Crippen molar-refractivity contribution in [1.29, 1.82) is 0 Å². The fourth-order valence-electron chi connectivity index (χ4n) is 3.48. The van der Waals surface area contributed by atoms with Crippen molar-refractivity contribution < 1.29 is 14.3 Å². The maximum atomic E-state index is 12.1. The van der Waals surface area contributed by atoms with Crippen molar-refractivity contribution in [3.05, 3.63) is 28.8 Å². The van der Waals surface area contributed by atoms with E-state index in [0.717, 1.165) is 24.1 Å². The van der Waals surface area contributed by atoms with Crippen LogP contribution in [0.1, 0.15) is 48.8 Å². The molecule has 2 unspecified atom stereocenters. The van der Waals surface area contributed by atoms with Crippen LogP contribution in [0.15, 0.2) is 12.1 Å². The third kappa shape index (κ3) is 3.05. The van der Waals surface area contributed by atoms with Gasteiger partial charge in [-0.05, 0) is 49.4 Å². The number of nitrogens with one attached hydrogen (secondary N) is 1. The van der Waals surface area contributed by atoms with Gasteiger partial charge in [0, 0.05) is 18.9 Å². The van der Waals surface area contributed by atoms with Crippen LogP contribution >= 0.6 is 0 Å². The van der Waals surface area contributed by atoms with Gasteiger partial charge in [0.05, 0.1) is 12.2 Å². The summed E-state index contributed by atoms with van der Waals surface area (Å²) in [7, 11) is 0. The van der Waals surface area contributed by atoms with E-state index in [1.165, 1.54) is 11.1 Å². The van der Waals surface area contributed by atoms with Crippen LogP contribution in [0.25, 0.3) is 0 Å². The molecule has 2 aliphatic rings. The van der Waals surface area contributed by atoms with Gasteiger partial charge in [-0.15, -0.1) is 0 Å². The van der Waals surface area contributed by atoms with Crippen LogP contribution in [0.4, 0.5) is 10.5 Å². The molecule has 0 radical (unpaired) electrons. The monoisotopic (exact) mass is 316 g/mol. The SMILES string of the molecule is CCC1CN(c2cc(C)c(C3CCC(=O)NC3)cc2C)C(=O)O1. The number of rotatable bonds is 3. The second kappa shape index (κ2) is 6.22. The third-order valence-corrected chi connectivity index (χ3v) is 4.91. The molecule has 3 rings (SSSR count). The zero-order chi connectivity index (χ0) is 16.6. The number of benzene rings is 1. The number of aryl methyl sites for hydroxylation is 2. The van der Waals surface area contributed by atoms with Gasteiger partial charge in [-0.3, -0.25) is 9.69 Å². The number of carbonyl (C=O) groups excluding carboxylic acids is 2. The standard InChI is InChI=1S/C18H24N2O3/c1-4-14-10-20(18(22)23-14)16-8-11(2)15(7-12(16)3)13-5-6-17(21)19-9-13/h7-8,13-14H,4-6,9-10H2,1-3H3,(H,19,21). The van der Waals surface area contributed by atoms with Crippen LogP contribution in [0, 0.1) is 13.8 Å². The summed E-state index contributed by atoms with van der Waals surface area (Å²) in [5.41, 5.74) is 4.45. The molecule has 2 fully saturated rings. The number of anilines is 1. The molecule has 0 saturated carbocycles. The number of carbonyl (C=O) groups is 2. The van der Waals surface area contributed by atoms with Crippen molar-refractivity contribution in [2.45, 2.75) is 52.1 Å². The van der Waals surface area contributed by atoms with E-state index < -0.39 is 0 Å². The summed E-state index contributed by atoms with van der Waals surface area (Å²) in [5, 5.41) is 2.94. The highest BCUT2D eigenvalue weighted by molar-refractivity contribution is 5.91. The van der Waals surface area contributed by atoms with Crippen LogP contribution < -0.4 is 10.2 Å². The molecule has 124 valence electrons. The van der Waals surface area contributed by atoms with Gasteiger partial charge in [-0.1, -0.05) is 13.0 Å². The maximum Gasteiger partial charge on any atom is 0.414 e. The summed E-state index contributed by atoms with van der Waals surface area (Å²) < 4.78 is 5.37. The predicted molar refractivity (Wildman–Crippen MR) is 88.8 cm³/mol. The number of nitrogens with zero attached hydrogens (tertiary/aromatic N) is 1. The highest BCUT2D eigenvalue weighted by Gasteiger charge is 2.32. The quantitative estimate of drug-likeness (QED) is 0.932. The first-order valence-electron chi connectivity index (χ1n) is 8.35. The molecule has 0 aliphatic carbocycles. The lowest BCUT2D eigenvalue weighted by Gasteiger charge is -2.26. The van der Waals surface area contributed by atoms with Gasteiger partial charge >= 0.3 is 6.09 Å². The number of piperidine rings is 1. The molecule has 0 bridgehead atoms. The number of ether oxygens (including phenoxy) is 1. The first-order chi connectivity index (χ1) is 11.0. The smallest absolute Gasteiger partial charge is 0.414 e. The van der Waals surface area contributed by atoms with E-state index in [4.69, 9.17) is 4.74 Å². The molecule has 2 atom stereocenters. The maximum absolute atomic E-state index is 12.1. The largest absolute Gasteiger partial charge is 0.444 e. The Bertz CT molecular complexity index is 631. The van der Waals surface area contributed by atoms with E-state index in [0.29, 0.717) is 25.4 Å². The third-order valence-electron chi connectivity index (χ3n) is 4.91. The summed E-state index contributed by atoms with van der Waals surface area (Å²) in [6.07, 6.45) is 2.03. The van der Waals surface area contributed by atoms with E-state index in [1.807, 2.05) is 13.8 Å². The van der Waals surface area contributed by atoms with Crippen LogP contribution in [0.2, 0.25) is 0 Å². The fraction of sp³-hybridized carbons (Fsp3) is 0.556. The van der Waals surface area contributed by atoms with E-state index in [9.17, 15) is 9.59 Å². The van der Waals surface area contributed by atoms with E-state index in [2.05, 4.69) is 24.4 Å². The molecule has 5 nitrogen and oxygen atoms in total. The molecule has 2 heterocycles. The Morgan fingerprint density at radius 1 is 1.26 bits per heavy atom. The molecular formula is C18H24N2O3. The molecule has 5 heteroatoms. The van der Waals surface area contributed by atoms with Gasteiger partial charge in [0.25, 0.3) is 0 Å². The minimum Gasteiger partial charge on any atom is -0.444 e. The van der Waals surface area contributed by atoms with Crippen molar-refractivity contribution in [1.82, 2.24) is 5.32 Å². The molecular weight excluding hydrogens is 292 g/mol. The highest BCUT2D eigenvalue weighted by atomic mass is 16.6. The minimum atomic E-state index is -0.253. The molecule has 1 aromatic carbocycles. The normalized spacial score (nSPS) is 24.6. The Hall–Kier alpha value is -2.04. The molecule has 0 aromatic heterocycles. The Labute approximate surface area is 137 Å². The first-order valence-corrected chi connectivity index (χ1v) is 8.35. The average molecular weight is 316 g/mol. The molecule has 2 aliphatic heterocycles. The lowest BCUT2D eigenvalue weighted by molar-refractivity contribution is -0.122. The topological polar surface area (TPSA) is 58.6 Å². The zero-order valence-electron chi connectivity index (χ0n) is 14.0. The summed E-state index contributed by atoms with van der Waals surface area (Å²) in [6, 6.07) is 4.25. The summed E-state index contributed by atoms with van der Waals surface area (Å²) in [5.74, 6) is 0.493. The molecule has 2 saturated heterocycles. The summed E-state index contributed by atoms with van der Waals surface area (Å²) in [4.78, 5) is 25.2. The van der Waals surface area contributed by atoms with Gasteiger partial charge in [0.15, 0.2) is 0 Å².